The largest absolute Gasteiger partial charge is 0.469 e. The summed E-state index contributed by atoms with van der Waals surface area (Å²) in [7, 11) is 1.28. The van der Waals surface area contributed by atoms with Gasteiger partial charge < -0.3 is 15.0 Å². The molecule has 0 bridgehead atoms. The smallest absolute Gasteiger partial charge is 0.311 e. The van der Waals surface area contributed by atoms with Crippen molar-refractivity contribution in [2.24, 2.45) is 0 Å². The lowest BCUT2D eigenvalue weighted by atomic mass is 9.95. The van der Waals surface area contributed by atoms with Crippen molar-refractivity contribution in [3.63, 3.8) is 0 Å². The molecule has 1 saturated carbocycles. The standard InChI is InChI=1S/C15H21N3O4S/c1-22-14(21)8-11-7-12(19)18-15(17-11)23-9-13(20)16-10-5-3-2-4-6-10/h7,10H,2-6,8-9H2,1H3,(H,16,20)(H,17,18,19). The molecule has 1 amide bonds. The van der Waals surface area contributed by atoms with Crippen molar-refractivity contribution in [2.75, 3.05) is 12.9 Å². The van der Waals surface area contributed by atoms with E-state index in [1.807, 2.05) is 0 Å². The fourth-order valence-corrected chi connectivity index (χ4v) is 3.22. The van der Waals surface area contributed by atoms with Gasteiger partial charge in [-0.05, 0) is 12.8 Å². The zero-order valence-corrected chi connectivity index (χ0v) is 13.9. The van der Waals surface area contributed by atoms with Gasteiger partial charge >= 0.3 is 5.97 Å². The summed E-state index contributed by atoms with van der Waals surface area (Å²) in [5, 5.41) is 3.33. The molecule has 0 radical (unpaired) electrons. The summed E-state index contributed by atoms with van der Waals surface area (Å²) in [4.78, 5) is 41.5. The third-order valence-electron chi connectivity index (χ3n) is 3.64. The molecule has 1 fully saturated rings. The lowest BCUT2D eigenvalue weighted by Gasteiger charge is -2.22. The summed E-state index contributed by atoms with van der Waals surface area (Å²) in [5.41, 5.74) is -0.0233. The lowest BCUT2D eigenvalue weighted by Crippen LogP contribution is -2.37. The zero-order chi connectivity index (χ0) is 16.7. The number of amides is 1. The molecule has 1 aliphatic carbocycles. The Bertz CT molecular complexity index is 611. The second-order valence-corrected chi connectivity index (χ2v) is 6.45. The Morgan fingerprint density at radius 3 is 2.83 bits per heavy atom. The molecule has 0 aliphatic heterocycles. The predicted molar refractivity (Wildman–Crippen MR) is 86.3 cm³/mol. The Morgan fingerprint density at radius 1 is 1.39 bits per heavy atom. The fourth-order valence-electron chi connectivity index (χ4n) is 2.51. The molecule has 7 nitrogen and oxygen atoms in total. The molecule has 23 heavy (non-hydrogen) atoms. The highest BCUT2D eigenvalue weighted by Crippen LogP contribution is 2.18. The van der Waals surface area contributed by atoms with Crippen molar-refractivity contribution in [2.45, 2.75) is 49.7 Å². The van der Waals surface area contributed by atoms with Crippen LogP contribution in [0.5, 0.6) is 0 Å². The molecule has 8 heteroatoms. The highest BCUT2D eigenvalue weighted by molar-refractivity contribution is 7.99. The maximum Gasteiger partial charge on any atom is 0.311 e. The minimum Gasteiger partial charge on any atom is -0.469 e. The number of esters is 1. The van der Waals surface area contributed by atoms with Crippen LogP contribution in [0.4, 0.5) is 0 Å². The second kappa shape index (κ2) is 8.71. The number of nitrogens with one attached hydrogen (secondary N) is 2. The molecule has 1 heterocycles. The predicted octanol–water partition coefficient (Wildman–Crippen LogP) is 1.03. The van der Waals surface area contributed by atoms with Crippen LogP contribution in [-0.2, 0) is 20.7 Å². The van der Waals surface area contributed by atoms with Crippen LogP contribution >= 0.6 is 11.8 Å². The molecule has 0 unspecified atom stereocenters. The van der Waals surface area contributed by atoms with Crippen LogP contribution in [0.25, 0.3) is 0 Å². The highest BCUT2D eigenvalue weighted by Gasteiger charge is 2.16. The number of rotatable bonds is 6. The van der Waals surface area contributed by atoms with Gasteiger partial charge in [-0.15, -0.1) is 0 Å². The molecule has 0 atom stereocenters. The monoisotopic (exact) mass is 339 g/mol. The van der Waals surface area contributed by atoms with Gasteiger partial charge in [0.1, 0.15) is 0 Å². The van der Waals surface area contributed by atoms with E-state index in [-0.39, 0.29) is 29.7 Å². The first-order chi connectivity index (χ1) is 11.1. The molecule has 1 aliphatic rings. The van der Waals surface area contributed by atoms with Crippen LogP contribution in [0.15, 0.2) is 16.0 Å². The molecule has 2 N–H and O–H groups in total. The summed E-state index contributed by atoms with van der Waals surface area (Å²) < 4.78 is 4.55. The molecule has 0 spiro atoms. The summed E-state index contributed by atoms with van der Waals surface area (Å²) in [5.74, 6) is -0.349. The summed E-state index contributed by atoms with van der Waals surface area (Å²) in [6, 6.07) is 1.51. The van der Waals surface area contributed by atoms with Crippen LogP contribution < -0.4 is 10.9 Å². The number of nitrogens with zero attached hydrogens (tertiary/aromatic N) is 1. The number of ether oxygens (including phenoxy) is 1. The molecular weight excluding hydrogens is 318 g/mol. The number of methoxy groups -OCH3 is 1. The van der Waals surface area contributed by atoms with E-state index < -0.39 is 5.97 Å². The molecule has 0 saturated heterocycles. The first-order valence-corrected chi connectivity index (χ1v) is 8.64. The van der Waals surface area contributed by atoms with Gasteiger partial charge in [-0.2, -0.15) is 0 Å². The van der Waals surface area contributed by atoms with Crippen LogP contribution in [0, 0.1) is 0 Å². The van der Waals surface area contributed by atoms with Crippen molar-refractivity contribution >= 4 is 23.6 Å². The summed E-state index contributed by atoms with van der Waals surface area (Å²) in [6.07, 6.45) is 5.53. The van der Waals surface area contributed by atoms with Gasteiger partial charge in [0.25, 0.3) is 5.56 Å². The van der Waals surface area contributed by atoms with Crippen molar-refractivity contribution in [3.8, 4) is 0 Å². The van der Waals surface area contributed by atoms with Gasteiger partial charge in [0, 0.05) is 12.1 Å². The Hall–Kier alpha value is -1.83. The molecule has 126 valence electrons. The van der Waals surface area contributed by atoms with Crippen molar-refractivity contribution in [1.82, 2.24) is 15.3 Å². The average Bonchev–Trinajstić information content (AvgIpc) is 2.53. The number of aromatic nitrogens is 2. The van der Waals surface area contributed by atoms with Crippen LogP contribution in [0.2, 0.25) is 0 Å². The Balaban J connectivity index is 1.87. The molecule has 2 rings (SSSR count). The van der Waals surface area contributed by atoms with Gasteiger partial charge in [-0.25, -0.2) is 4.98 Å². The Kier molecular flexibility index (Phi) is 6.64. The average molecular weight is 339 g/mol. The number of thioether (sulfide) groups is 1. The van der Waals surface area contributed by atoms with Gasteiger partial charge in [-0.3, -0.25) is 14.4 Å². The van der Waals surface area contributed by atoms with Crippen LogP contribution in [-0.4, -0.2) is 40.7 Å². The normalized spacial score (nSPS) is 15.2. The summed E-state index contributed by atoms with van der Waals surface area (Å²) in [6.45, 7) is 0. The first kappa shape index (κ1) is 17.5. The maximum absolute atomic E-state index is 12.0. The SMILES string of the molecule is COC(=O)Cc1cc(=O)[nH]c(SCC(=O)NC2CCCCC2)n1. The molecule has 1 aromatic heterocycles. The quantitative estimate of drug-likeness (QED) is 0.456. The molecule has 0 aromatic carbocycles. The van der Waals surface area contributed by atoms with Crippen molar-refractivity contribution in [3.05, 3.63) is 22.1 Å². The van der Waals surface area contributed by atoms with E-state index in [1.54, 1.807) is 0 Å². The minimum atomic E-state index is -0.464. The second-order valence-electron chi connectivity index (χ2n) is 5.49. The molecule has 1 aromatic rings. The van der Waals surface area contributed by atoms with E-state index in [0.717, 1.165) is 37.4 Å². The first-order valence-electron chi connectivity index (χ1n) is 7.66. The number of H-pyrrole nitrogens is 1. The van der Waals surface area contributed by atoms with Gasteiger partial charge in [0.05, 0.1) is 25.0 Å². The van der Waals surface area contributed by atoms with Crippen LogP contribution in [0.1, 0.15) is 37.8 Å². The number of carbonyl (C=O) groups excluding carboxylic acids is 2. The Labute approximate surface area is 138 Å². The van der Waals surface area contributed by atoms with Gasteiger partial charge in [0.2, 0.25) is 5.91 Å². The number of hydrogen-bond donors (Lipinski definition) is 2. The third-order valence-corrected chi connectivity index (χ3v) is 4.51. The van der Waals surface area contributed by atoms with Gasteiger partial charge in [-0.1, -0.05) is 31.0 Å². The number of carbonyl (C=O) groups is 2. The molecular formula is C15H21N3O4S. The third kappa shape index (κ3) is 6.05. The minimum absolute atomic E-state index is 0.0667. The van der Waals surface area contributed by atoms with Crippen LogP contribution in [0.3, 0.4) is 0 Å². The van der Waals surface area contributed by atoms with Gasteiger partial charge in [0.15, 0.2) is 5.16 Å². The zero-order valence-electron chi connectivity index (χ0n) is 13.1. The van der Waals surface area contributed by atoms with Crippen molar-refractivity contribution in [1.29, 1.82) is 0 Å². The van der Waals surface area contributed by atoms with E-state index >= 15 is 0 Å². The highest BCUT2D eigenvalue weighted by atomic mass is 32.2. The summed E-state index contributed by atoms with van der Waals surface area (Å²) >= 11 is 1.15. The van der Waals surface area contributed by atoms with E-state index in [9.17, 15) is 14.4 Å². The van der Waals surface area contributed by atoms with E-state index in [1.165, 1.54) is 19.6 Å². The lowest BCUT2D eigenvalue weighted by molar-refractivity contribution is -0.139. The number of aromatic amines is 1. The van der Waals surface area contributed by atoms with Crippen molar-refractivity contribution < 1.29 is 14.3 Å². The van der Waals surface area contributed by atoms with E-state index in [2.05, 4.69) is 20.0 Å². The van der Waals surface area contributed by atoms with E-state index in [0.29, 0.717) is 10.9 Å². The fraction of sp³-hybridized carbons (Fsp3) is 0.600. The topological polar surface area (TPSA) is 101 Å². The van der Waals surface area contributed by atoms with E-state index in [4.69, 9.17) is 0 Å². The number of hydrogen-bond acceptors (Lipinski definition) is 6. The Morgan fingerprint density at radius 2 is 2.13 bits per heavy atom. The maximum atomic E-state index is 12.0.